The highest BCUT2D eigenvalue weighted by Gasteiger charge is 2.61. The van der Waals surface area contributed by atoms with E-state index in [1.807, 2.05) is 40.7 Å². The molecule has 20 heteroatoms. The first kappa shape index (κ1) is 67.4. The number of esters is 1. The van der Waals surface area contributed by atoms with Crippen molar-refractivity contribution in [2.24, 2.45) is 59.2 Å². The van der Waals surface area contributed by atoms with Crippen molar-refractivity contribution in [1.29, 1.82) is 0 Å². The van der Waals surface area contributed by atoms with E-state index in [0.717, 1.165) is 18.5 Å². The minimum atomic E-state index is -2.41. The number of aliphatic hydroxyl groups excluding tert-OH is 4. The number of likely N-dealkylation sites (tertiary alicyclic amines) is 1. The second-order valence-corrected chi connectivity index (χ2v) is 29.6. The fourth-order valence-corrected chi connectivity index (χ4v) is 17.7. The summed E-state index contributed by atoms with van der Waals surface area (Å²) >= 11 is 1.47. The van der Waals surface area contributed by atoms with E-state index in [1.54, 1.807) is 27.9 Å². The molecule has 0 aromatic carbocycles. The minimum Gasteiger partial charge on any atom is -0.477 e. The number of nitrogens with zero attached hydrogens (tertiary/aromatic N) is 3. The zero-order chi connectivity index (χ0) is 62.3. The molecule has 8 aliphatic rings. The maximum Gasteiger partial charge on any atom is 0.353 e. The Morgan fingerprint density at radius 2 is 1.65 bits per heavy atom. The molecule has 8 rings (SSSR count). The number of aliphatic hydroxyl groups is 5. The highest BCUT2D eigenvalue weighted by Crippen LogP contribution is 2.52. The summed E-state index contributed by atoms with van der Waals surface area (Å²) < 4.78 is 18.5. The Balaban J connectivity index is 1.00. The molecule has 2 bridgehead atoms. The number of allylic oxidation sites excluding steroid dienone is 3. The van der Waals surface area contributed by atoms with Gasteiger partial charge in [-0.2, -0.15) is 0 Å². The summed E-state index contributed by atoms with van der Waals surface area (Å²) in [7, 11) is 1.56. The Hall–Kier alpha value is -3.57. The lowest BCUT2D eigenvalue weighted by Crippen LogP contribution is -2.63. The van der Waals surface area contributed by atoms with Crippen molar-refractivity contribution in [2.45, 2.75) is 243 Å². The summed E-state index contributed by atoms with van der Waals surface area (Å²) in [5.41, 5.74) is 1.25. The molecular formula is C65H102N4O15S. The van der Waals surface area contributed by atoms with Gasteiger partial charge in [-0.1, -0.05) is 59.3 Å². The van der Waals surface area contributed by atoms with Crippen molar-refractivity contribution in [3.63, 3.8) is 0 Å². The van der Waals surface area contributed by atoms with Gasteiger partial charge in [0, 0.05) is 84.5 Å². The van der Waals surface area contributed by atoms with Crippen LogP contribution in [0.4, 0.5) is 0 Å². The molecule has 5 saturated heterocycles. The number of cyclic esters (lactones) is 1. The largest absolute Gasteiger partial charge is 0.477 e. The first-order valence-corrected chi connectivity index (χ1v) is 32.9. The van der Waals surface area contributed by atoms with E-state index in [-0.39, 0.29) is 83.6 Å². The molecule has 7 aliphatic heterocycles. The molecule has 0 spiro atoms. The Labute approximate surface area is 508 Å². The number of Topliss-reactive ketones (excluding diaryl/α,β-unsaturated/α-hetero) is 2. The number of methoxy groups -OCH3 is 1. The Morgan fingerprint density at radius 1 is 0.941 bits per heavy atom. The molecule has 1 aliphatic carbocycles. The van der Waals surface area contributed by atoms with E-state index in [4.69, 9.17) is 14.2 Å². The normalized spacial score (nSPS) is 41.3. The topological polar surface area (TPSA) is 273 Å². The third-order valence-corrected chi connectivity index (χ3v) is 22.8. The second-order valence-electron chi connectivity index (χ2n) is 28.3. The molecule has 22 atom stereocenters. The number of carbonyl (C=O) groups is 6. The van der Waals surface area contributed by atoms with Crippen LogP contribution in [0.2, 0.25) is 0 Å². The number of hydrogen-bond acceptors (Lipinski definition) is 17. The first-order valence-electron chi connectivity index (χ1n) is 32.0. The van der Waals surface area contributed by atoms with Crippen molar-refractivity contribution in [2.75, 3.05) is 33.3 Å². The van der Waals surface area contributed by atoms with E-state index in [1.165, 1.54) is 21.6 Å². The van der Waals surface area contributed by atoms with E-state index < -0.39 is 113 Å². The van der Waals surface area contributed by atoms with Crippen LogP contribution in [-0.4, -0.2) is 191 Å². The fourth-order valence-electron chi connectivity index (χ4n) is 16.2. The average molecular weight is 1210 g/mol. The lowest BCUT2D eigenvalue weighted by atomic mass is 9.76. The number of β-lactam (4-membered cyclic amide) rings is 1. The third kappa shape index (κ3) is 14.4. The maximum atomic E-state index is 15.0. The van der Waals surface area contributed by atoms with Gasteiger partial charge in [-0.25, -0.2) is 9.59 Å². The molecule has 19 nitrogen and oxygen atoms in total. The standard InChI is InChI=1S/C65H102N4O15S/c1-33-23-34(2)25-43(18-20-64(10,11)67-22-19-44(32-67)55(74)46-29-45(31-66-46)85-58-40(8)53-52(41(9)70)60(76)69(53)54(58)62(78)79)50(73)30-49(72)39(7)57(37(5)27-42-16-17-48(71)51(28-42)82-12)83-63(80)47-15-13-14-21-68(47)61(77)59(75)65(81)38(6)26-36(4)56(84-65)35(3)24-33/h25,27,33,35-36,38-49,51-53,55-57,66,70-72,74,81H,13-24,26,28-32H2,1-12H3,(H,78,79)/b34-25+,37-27+/t33-,35-,36-,38+,39+,40+,41+,42-,43+,44+,45-,46-,47-,48+,49-,51+,52+,53+,55+,56+,57+,65+/m0/s1. The van der Waals surface area contributed by atoms with Crippen LogP contribution in [0.5, 0.6) is 0 Å². The van der Waals surface area contributed by atoms with Crippen molar-refractivity contribution in [3.8, 4) is 0 Å². The van der Waals surface area contributed by atoms with Crippen LogP contribution in [0.15, 0.2) is 33.9 Å². The third-order valence-electron chi connectivity index (χ3n) is 21.3. The van der Waals surface area contributed by atoms with Gasteiger partial charge < -0.3 is 60.0 Å². The number of hydrogen-bond donors (Lipinski definition) is 7. The fraction of sp³-hybridized carbons (Fsp3) is 0.815. The molecule has 0 aromatic heterocycles. The number of carboxylic acid groups (broad SMARTS) is 1. The number of ether oxygens (including phenoxy) is 3. The van der Waals surface area contributed by atoms with Crippen LogP contribution < -0.4 is 5.32 Å². The second kappa shape index (κ2) is 27.7. The number of fused-ring (bicyclic) bond motifs is 4. The van der Waals surface area contributed by atoms with Crippen LogP contribution in [0.25, 0.3) is 0 Å². The Kier molecular flexibility index (Phi) is 21.9. The zero-order valence-corrected chi connectivity index (χ0v) is 53.4. The van der Waals surface area contributed by atoms with Crippen molar-refractivity contribution in [1.82, 2.24) is 20.0 Å². The number of piperidine rings is 1. The van der Waals surface area contributed by atoms with Crippen LogP contribution >= 0.6 is 11.8 Å². The number of rotatable bonds is 13. The summed E-state index contributed by atoms with van der Waals surface area (Å²) in [4.78, 5) is 89.7. The van der Waals surface area contributed by atoms with Gasteiger partial charge >= 0.3 is 11.9 Å². The van der Waals surface area contributed by atoms with Gasteiger partial charge in [-0.15, -0.1) is 11.8 Å². The molecule has 0 radical (unpaired) electrons. The number of aliphatic carboxylic acids is 1. The minimum absolute atomic E-state index is 0.00266. The SMILES string of the molecule is CO[C@@H]1C[C@H](/C=C(\C)[C@H]2OC(=O)[C@@H]3CCCCN3C(=O)C(=O)[C@]3(O)O[C@H]([C@@H](C)C[C@@H](C)C/C(C)=C/[C@@H](CCC(C)(C)N4CC[C@@H]([C@@H](O)[C@@H]5C[C@H](SC6=C(C(=O)O)N7C(=O)[C@H]([C@@H](C)O)[C@H]7[C@H]6C)CN5)C4)C(=O)C[C@H](O)[C@H]2C)[C@@H](C)C[C@H]3C)CC[C@H]1O. The van der Waals surface area contributed by atoms with Crippen molar-refractivity contribution >= 4 is 47.1 Å². The lowest BCUT2D eigenvalue weighted by molar-refractivity contribution is -0.282. The highest BCUT2D eigenvalue weighted by atomic mass is 32.2. The summed E-state index contributed by atoms with van der Waals surface area (Å²) in [6, 6.07) is -1.76. The summed E-state index contributed by atoms with van der Waals surface area (Å²) in [5, 5.41) is 71.2. The molecule has 2 amide bonds. The number of carbonyl (C=O) groups excluding carboxylic acids is 5. The van der Waals surface area contributed by atoms with Crippen LogP contribution in [0.1, 0.15) is 166 Å². The van der Waals surface area contributed by atoms with Gasteiger partial charge in [-0.05, 0) is 154 Å². The van der Waals surface area contributed by atoms with Crippen molar-refractivity contribution < 1.29 is 73.6 Å². The van der Waals surface area contributed by atoms with Crippen LogP contribution in [-0.2, 0) is 43.0 Å². The monoisotopic (exact) mass is 1210 g/mol. The number of ketones is 2. The first-order chi connectivity index (χ1) is 40.0. The Bertz CT molecular complexity index is 2560. The van der Waals surface area contributed by atoms with Gasteiger partial charge in [0.15, 0.2) is 0 Å². The Morgan fingerprint density at radius 3 is 2.33 bits per heavy atom. The predicted molar refractivity (Wildman–Crippen MR) is 321 cm³/mol. The van der Waals surface area contributed by atoms with Gasteiger partial charge in [-0.3, -0.25) is 24.1 Å². The molecular weight excluding hydrogens is 1110 g/mol. The molecule has 478 valence electrons. The molecule has 6 fully saturated rings. The molecule has 85 heavy (non-hydrogen) atoms. The molecule has 7 N–H and O–H groups in total. The number of thioether (sulfide) groups is 1. The quantitative estimate of drug-likeness (QED) is 0.0471. The van der Waals surface area contributed by atoms with Crippen LogP contribution in [0, 0.1) is 59.2 Å². The average Bonchev–Trinajstić information content (AvgIpc) is 1.62. The summed E-state index contributed by atoms with van der Waals surface area (Å²) in [6.07, 6.45) is 5.65. The lowest BCUT2D eigenvalue weighted by Gasteiger charge is -2.46. The molecule has 0 aromatic rings. The summed E-state index contributed by atoms with van der Waals surface area (Å²) in [6.45, 7) is 23.4. The van der Waals surface area contributed by atoms with Gasteiger partial charge in [0.1, 0.15) is 23.6 Å². The van der Waals surface area contributed by atoms with E-state index >= 15 is 4.79 Å². The summed E-state index contributed by atoms with van der Waals surface area (Å²) in [5.74, 6) is -10.1. The smallest absolute Gasteiger partial charge is 0.353 e. The van der Waals surface area contributed by atoms with E-state index in [9.17, 15) is 54.6 Å². The van der Waals surface area contributed by atoms with Crippen molar-refractivity contribution in [3.05, 3.63) is 33.9 Å². The van der Waals surface area contributed by atoms with Crippen LogP contribution in [0.3, 0.4) is 0 Å². The molecule has 1 saturated carbocycles. The zero-order valence-electron chi connectivity index (χ0n) is 52.6. The highest BCUT2D eigenvalue weighted by molar-refractivity contribution is 8.03. The maximum absolute atomic E-state index is 15.0. The number of amides is 2. The predicted octanol–water partition coefficient (Wildman–Crippen LogP) is 6.16. The van der Waals surface area contributed by atoms with Gasteiger partial charge in [0.2, 0.25) is 11.7 Å². The van der Waals surface area contributed by atoms with Gasteiger partial charge in [0.25, 0.3) is 11.7 Å². The molecule has 7 heterocycles. The van der Waals surface area contributed by atoms with Gasteiger partial charge in [0.05, 0.1) is 48.6 Å². The number of carboxylic acids is 1. The van der Waals surface area contributed by atoms with E-state index in [2.05, 4.69) is 37.1 Å². The number of nitrogens with one attached hydrogen (secondary N) is 1. The molecule has 0 unspecified atom stereocenters. The van der Waals surface area contributed by atoms with E-state index in [0.29, 0.717) is 94.2 Å².